The first-order chi connectivity index (χ1) is 6.74. The van der Waals surface area contributed by atoms with Crippen LogP contribution in [0.5, 0.6) is 0 Å². The molecule has 0 aliphatic carbocycles. The molecule has 70 valence electrons. The van der Waals surface area contributed by atoms with E-state index in [1.54, 1.807) is 10.7 Å². The summed E-state index contributed by atoms with van der Waals surface area (Å²) in [6.45, 7) is 4.27. The maximum Gasteiger partial charge on any atom is 0.142 e. The van der Waals surface area contributed by atoms with Gasteiger partial charge in [0.2, 0.25) is 0 Å². The zero-order valence-corrected chi connectivity index (χ0v) is 8.23. The Kier molecular flexibility index (Phi) is 1.97. The van der Waals surface area contributed by atoms with Crippen LogP contribution in [0.2, 0.25) is 0 Å². The number of hydrogen-bond acceptors (Lipinski definition) is 2. The van der Waals surface area contributed by atoms with Gasteiger partial charge < -0.3 is 0 Å². The third-order valence-electron chi connectivity index (χ3n) is 2.32. The van der Waals surface area contributed by atoms with Crippen molar-refractivity contribution in [2.45, 2.75) is 19.8 Å². The average molecular weight is 185 g/mol. The van der Waals surface area contributed by atoms with Gasteiger partial charge in [-0.3, -0.25) is 0 Å². The first-order valence-corrected chi connectivity index (χ1v) is 4.61. The molecule has 0 amide bonds. The zero-order valence-electron chi connectivity index (χ0n) is 8.23. The fourth-order valence-corrected chi connectivity index (χ4v) is 1.61. The largest absolute Gasteiger partial charge is 0.223 e. The smallest absolute Gasteiger partial charge is 0.142 e. The van der Waals surface area contributed by atoms with E-state index in [1.165, 1.54) is 5.56 Å². The summed E-state index contributed by atoms with van der Waals surface area (Å²) in [5, 5.41) is 13.0. The quantitative estimate of drug-likeness (QED) is 0.684. The van der Waals surface area contributed by atoms with Crippen LogP contribution in [-0.4, -0.2) is 9.61 Å². The minimum atomic E-state index is 0.446. The molecule has 0 atom stereocenters. The lowest BCUT2D eigenvalue weighted by atomic mass is 10.0. The van der Waals surface area contributed by atoms with Crippen LogP contribution < -0.4 is 0 Å². The number of nitriles is 1. The fraction of sp³-hybridized carbons (Fsp3) is 0.273. The van der Waals surface area contributed by atoms with Gasteiger partial charge in [0.05, 0.1) is 11.7 Å². The Morgan fingerprint density at radius 2 is 2.14 bits per heavy atom. The second-order valence-corrected chi connectivity index (χ2v) is 3.57. The van der Waals surface area contributed by atoms with Gasteiger partial charge in [0.1, 0.15) is 11.8 Å². The third-order valence-corrected chi connectivity index (χ3v) is 2.32. The molecule has 0 bridgehead atoms. The van der Waals surface area contributed by atoms with Crippen molar-refractivity contribution in [3.8, 4) is 6.07 Å². The predicted octanol–water partition coefficient (Wildman–Crippen LogP) is 2.33. The van der Waals surface area contributed by atoms with Gasteiger partial charge in [0.15, 0.2) is 0 Å². The van der Waals surface area contributed by atoms with E-state index < -0.39 is 0 Å². The molecule has 0 saturated heterocycles. The van der Waals surface area contributed by atoms with Gasteiger partial charge in [-0.05, 0) is 23.6 Å². The number of aromatic nitrogens is 2. The highest BCUT2D eigenvalue weighted by Crippen LogP contribution is 2.20. The standard InChI is InChI=1S/C11H11N3/c1-8(2)10-4-3-9(7-12)14-11(10)5-6-13-14/h3-6,8H,1-2H3. The van der Waals surface area contributed by atoms with Crippen LogP contribution in [0, 0.1) is 11.3 Å². The average Bonchev–Trinajstić information content (AvgIpc) is 2.64. The van der Waals surface area contributed by atoms with Crippen LogP contribution in [-0.2, 0) is 0 Å². The molecule has 3 nitrogen and oxygen atoms in total. The SMILES string of the molecule is CC(C)c1ccc(C#N)n2nccc12. The Bertz CT molecular complexity index is 503. The lowest BCUT2D eigenvalue weighted by molar-refractivity contribution is 0.849. The minimum absolute atomic E-state index is 0.446. The molecule has 0 unspecified atom stereocenters. The number of fused-ring (bicyclic) bond motifs is 1. The third kappa shape index (κ3) is 1.16. The van der Waals surface area contributed by atoms with Crippen LogP contribution in [0.3, 0.4) is 0 Å². The molecule has 0 aromatic carbocycles. The summed E-state index contributed by atoms with van der Waals surface area (Å²) in [5.41, 5.74) is 2.83. The first-order valence-electron chi connectivity index (χ1n) is 4.61. The van der Waals surface area contributed by atoms with E-state index in [1.807, 2.05) is 18.2 Å². The number of nitrogens with zero attached hydrogens (tertiary/aromatic N) is 3. The molecular formula is C11H11N3. The maximum absolute atomic E-state index is 8.87. The molecule has 0 saturated carbocycles. The van der Waals surface area contributed by atoms with Crippen molar-refractivity contribution in [1.29, 1.82) is 5.26 Å². The Morgan fingerprint density at radius 1 is 1.36 bits per heavy atom. The molecular weight excluding hydrogens is 174 g/mol. The van der Waals surface area contributed by atoms with E-state index in [2.05, 4.69) is 25.0 Å². The summed E-state index contributed by atoms with van der Waals surface area (Å²) in [7, 11) is 0. The lowest BCUT2D eigenvalue weighted by Gasteiger charge is -2.07. The molecule has 0 aliphatic heterocycles. The summed E-state index contributed by atoms with van der Waals surface area (Å²) in [4.78, 5) is 0. The second kappa shape index (κ2) is 3.15. The van der Waals surface area contributed by atoms with Crippen molar-refractivity contribution < 1.29 is 0 Å². The van der Waals surface area contributed by atoms with Crippen LogP contribution in [0.15, 0.2) is 24.4 Å². The molecule has 2 rings (SSSR count). The first kappa shape index (κ1) is 8.76. The molecule has 0 radical (unpaired) electrons. The van der Waals surface area contributed by atoms with Gasteiger partial charge >= 0.3 is 0 Å². The lowest BCUT2D eigenvalue weighted by Crippen LogP contribution is -1.98. The van der Waals surface area contributed by atoms with E-state index in [0.29, 0.717) is 11.6 Å². The van der Waals surface area contributed by atoms with Crippen molar-refractivity contribution in [3.05, 3.63) is 35.7 Å². The van der Waals surface area contributed by atoms with E-state index in [9.17, 15) is 0 Å². The fourth-order valence-electron chi connectivity index (χ4n) is 1.61. The highest BCUT2D eigenvalue weighted by Gasteiger charge is 2.08. The maximum atomic E-state index is 8.87. The van der Waals surface area contributed by atoms with Gasteiger partial charge in [-0.1, -0.05) is 19.9 Å². The van der Waals surface area contributed by atoms with Gasteiger partial charge in [0.25, 0.3) is 0 Å². The number of pyridine rings is 1. The van der Waals surface area contributed by atoms with E-state index in [-0.39, 0.29) is 0 Å². The van der Waals surface area contributed by atoms with Crippen LogP contribution in [0.1, 0.15) is 31.0 Å². The minimum Gasteiger partial charge on any atom is -0.223 e. The Hall–Kier alpha value is -1.82. The van der Waals surface area contributed by atoms with E-state index in [4.69, 9.17) is 5.26 Å². The Balaban J connectivity index is 2.80. The van der Waals surface area contributed by atoms with Gasteiger partial charge in [0, 0.05) is 0 Å². The summed E-state index contributed by atoms with van der Waals surface area (Å²) >= 11 is 0. The monoisotopic (exact) mass is 185 g/mol. The highest BCUT2D eigenvalue weighted by molar-refractivity contribution is 5.57. The van der Waals surface area contributed by atoms with E-state index >= 15 is 0 Å². The Morgan fingerprint density at radius 3 is 2.79 bits per heavy atom. The molecule has 2 aromatic rings. The summed E-state index contributed by atoms with van der Waals surface area (Å²) in [5.74, 6) is 0.446. The Labute approximate surface area is 82.6 Å². The molecule has 2 heterocycles. The molecule has 0 aliphatic rings. The number of hydrogen-bond donors (Lipinski definition) is 0. The molecule has 0 N–H and O–H groups in total. The molecule has 0 fully saturated rings. The van der Waals surface area contributed by atoms with Crippen molar-refractivity contribution in [2.24, 2.45) is 0 Å². The number of rotatable bonds is 1. The summed E-state index contributed by atoms with van der Waals surface area (Å²) in [6.07, 6.45) is 1.72. The molecule has 3 heteroatoms. The molecule has 0 spiro atoms. The summed E-state index contributed by atoms with van der Waals surface area (Å²) < 4.78 is 1.69. The van der Waals surface area contributed by atoms with Crippen molar-refractivity contribution in [1.82, 2.24) is 9.61 Å². The normalized spacial score (nSPS) is 10.7. The van der Waals surface area contributed by atoms with Crippen LogP contribution >= 0.6 is 0 Å². The second-order valence-electron chi connectivity index (χ2n) is 3.57. The molecule has 2 aromatic heterocycles. The zero-order chi connectivity index (χ0) is 10.1. The van der Waals surface area contributed by atoms with Gasteiger partial charge in [-0.25, -0.2) is 4.52 Å². The predicted molar refractivity (Wildman–Crippen MR) is 54.0 cm³/mol. The summed E-state index contributed by atoms with van der Waals surface area (Å²) in [6, 6.07) is 7.88. The van der Waals surface area contributed by atoms with Crippen LogP contribution in [0.4, 0.5) is 0 Å². The van der Waals surface area contributed by atoms with E-state index in [0.717, 1.165) is 5.52 Å². The van der Waals surface area contributed by atoms with Gasteiger partial charge in [-0.15, -0.1) is 0 Å². The topological polar surface area (TPSA) is 41.1 Å². The van der Waals surface area contributed by atoms with Crippen LogP contribution in [0.25, 0.3) is 5.52 Å². The van der Waals surface area contributed by atoms with Crippen molar-refractivity contribution in [3.63, 3.8) is 0 Å². The highest BCUT2D eigenvalue weighted by atomic mass is 15.2. The van der Waals surface area contributed by atoms with Crippen molar-refractivity contribution >= 4 is 5.52 Å². The van der Waals surface area contributed by atoms with Gasteiger partial charge in [-0.2, -0.15) is 10.4 Å². The van der Waals surface area contributed by atoms with Crippen molar-refractivity contribution in [2.75, 3.05) is 0 Å². The molecule has 14 heavy (non-hydrogen) atoms.